The van der Waals surface area contributed by atoms with Crippen molar-refractivity contribution in [2.24, 2.45) is 0 Å². The monoisotopic (exact) mass is 265 g/mol. The summed E-state index contributed by atoms with van der Waals surface area (Å²) in [4.78, 5) is 0. The fraction of sp³-hybridized carbons (Fsp3) is 0.600. The molecule has 0 radical (unpaired) electrons. The van der Waals surface area contributed by atoms with Gasteiger partial charge in [0, 0.05) is 33.2 Å². The lowest BCUT2D eigenvalue weighted by molar-refractivity contribution is 0.0287. The molecule has 2 rings (SSSR count). The van der Waals surface area contributed by atoms with Gasteiger partial charge in [0.1, 0.15) is 5.75 Å². The van der Waals surface area contributed by atoms with Crippen LogP contribution in [0.25, 0.3) is 0 Å². The van der Waals surface area contributed by atoms with Crippen molar-refractivity contribution >= 4 is 0 Å². The largest absolute Gasteiger partial charge is 0.493 e. The minimum atomic E-state index is 0.111. The Morgan fingerprint density at radius 2 is 2.21 bits per heavy atom. The van der Waals surface area contributed by atoms with Crippen molar-refractivity contribution in [3.05, 3.63) is 29.8 Å². The Bertz CT molecular complexity index is 383. The summed E-state index contributed by atoms with van der Waals surface area (Å²) in [5.74, 6) is 1.55. The molecule has 106 valence electrons. The lowest BCUT2D eigenvalue weighted by atomic mass is 9.93. The first-order valence-corrected chi connectivity index (χ1v) is 6.79. The molecule has 2 unspecified atom stereocenters. The van der Waals surface area contributed by atoms with Gasteiger partial charge in [0.2, 0.25) is 0 Å². The van der Waals surface area contributed by atoms with Gasteiger partial charge in [-0.25, -0.2) is 0 Å². The molecule has 0 aliphatic carbocycles. The lowest BCUT2D eigenvalue weighted by Gasteiger charge is -2.26. The summed E-state index contributed by atoms with van der Waals surface area (Å²) >= 11 is 0. The summed E-state index contributed by atoms with van der Waals surface area (Å²) < 4.78 is 16.1. The van der Waals surface area contributed by atoms with Crippen molar-refractivity contribution in [2.75, 3.05) is 40.5 Å². The maximum absolute atomic E-state index is 5.67. The van der Waals surface area contributed by atoms with Crippen LogP contribution in [0.15, 0.2) is 24.3 Å². The van der Waals surface area contributed by atoms with E-state index in [0.29, 0.717) is 12.5 Å². The summed E-state index contributed by atoms with van der Waals surface area (Å²) in [6, 6.07) is 8.30. The highest BCUT2D eigenvalue weighted by atomic mass is 16.5. The van der Waals surface area contributed by atoms with Gasteiger partial charge in [0.15, 0.2) is 0 Å². The molecule has 1 aliphatic heterocycles. The minimum Gasteiger partial charge on any atom is -0.493 e. The van der Waals surface area contributed by atoms with Gasteiger partial charge in [0.05, 0.1) is 19.3 Å². The number of rotatable bonds is 7. The van der Waals surface area contributed by atoms with Crippen LogP contribution in [-0.2, 0) is 9.47 Å². The van der Waals surface area contributed by atoms with E-state index in [2.05, 4.69) is 17.4 Å². The fourth-order valence-electron chi connectivity index (χ4n) is 2.44. The fourth-order valence-corrected chi connectivity index (χ4v) is 2.44. The van der Waals surface area contributed by atoms with Crippen LogP contribution in [0, 0.1) is 0 Å². The molecule has 0 amide bonds. The molecule has 1 N–H and O–H groups in total. The van der Waals surface area contributed by atoms with Crippen LogP contribution in [0.3, 0.4) is 0 Å². The molecule has 0 aromatic heterocycles. The van der Waals surface area contributed by atoms with E-state index in [9.17, 15) is 0 Å². The predicted octanol–water partition coefficient (Wildman–Crippen LogP) is 1.80. The van der Waals surface area contributed by atoms with Crippen LogP contribution in [0.5, 0.6) is 5.75 Å². The molecule has 1 aromatic carbocycles. The van der Waals surface area contributed by atoms with Crippen molar-refractivity contribution < 1.29 is 14.2 Å². The first kappa shape index (κ1) is 14.3. The maximum atomic E-state index is 5.67. The predicted molar refractivity (Wildman–Crippen MR) is 74.8 cm³/mol. The summed E-state index contributed by atoms with van der Waals surface area (Å²) in [6.45, 7) is 3.18. The molecule has 1 aromatic rings. The Kier molecular flexibility index (Phi) is 5.63. The number of methoxy groups -OCH3 is 2. The minimum absolute atomic E-state index is 0.111. The molecule has 4 heteroatoms. The van der Waals surface area contributed by atoms with Crippen molar-refractivity contribution in [3.8, 4) is 5.75 Å². The number of benzene rings is 1. The second kappa shape index (κ2) is 7.48. The smallest absolute Gasteiger partial charge is 0.122 e. The average molecular weight is 265 g/mol. The maximum Gasteiger partial charge on any atom is 0.122 e. The van der Waals surface area contributed by atoms with E-state index in [1.165, 1.54) is 5.56 Å². The van der Waals surface area contributed by atoms with E-state index in [4.69, 9.17) is 14.2 Å². The second-order valence-corrected chi connectivity index (χ2v) is 4.84. The molecule has 19 heavy (non-hydrogen) atoms. The summed E-state index contributed by atoms with van der Waals surface area (Å²) in [5.41, 5.74) is 1.31. The van der Waals surface area contributed by atoms with Gasteiger partial charge in [-0.1, -0.05) is 18.2 Å². The molecule has 0 spiro atoms. The lowest BCUT2D eigenvalue weighted by Crippen LogP contribution is -2.35. The Morgan fingerprint density at radius 1 is 1.37 bits per heavy atom. The molecular weight excluding hydrogens is 242 g/mol. The molecule has 1 aliphatic rings. The second-order valence-electron chi connectivity index (χ2n) is 4.84. The van der Waals surface area contributed by atoms with Gasteiger partial charge in [-0.15, -0.1) is 0 Å². The zero-order valence-corrected chi connectivity index (χ0v) is 11.7. The van der Waals surface area contributed by atoms with Crippen molar-refractivity contribution in [1.29, 1.82) is 0 Å². The SMILES string of the molecule is COCC(CNCC1CCOc2ccccc21)OC. The van der Waals surface area contributed by atoms with Crippen LogP contribution < -0.4 is 10.1 Å². The van der Waals surface area contributed by atoms with Gasteiger partial charge in [-0.05, 0) is 18.1 Å². The zero-order valence-electron chi connectivity index (χ0n) is 11.7. The number of para-hydroxylation sites is 1. The van der Waals surface area contributed by atoms with Crippen molar-refractivity contribution in [1.82, 2.24) is 5.32 Å². The Labute approximate surface area is 115 Å². The van der Waals surface area contributed by atoms with Gasteiger partial charge >= 0.3 is 0 Å². The van der Waals surface area contributed by atoms with Crippen molar-refractivity contribution in [2.45, 2.75) is 18.4 Å². The molecule has 0 fully saturated rings. The first-order chi connectivity index (χ1) is 9.35. The summed E-state index contributed by atoms with van der Waals surface area (Å²) in [7, 11) is 3.41. The topological polar surface area (TPSA) is 39.7 Å². The van der Waals surface area contributed by atoms with E-state index in [-0.39, 0.29) is 6.10 Å². The number of hydrogen-bond donors (Lipinski definition) is 1. The van der Waals surface area contributed by atoms with Crippen LogP contribution in [0.1, 0.15) is 17.9 Å². The molecule has 0 saturated carbocycles. The van der Waals surface area contributed by atoms with Crippen LogP contribution in [-0.4, -0.2) is 46.6 Å². The zero-order chi connectivity index (χ0) is 13.5. The normalized spacial score (nSPS) is 19.6. The molecule has 2 atom stereocenters. The van der Waals surface area contributed by atoms with Gasteiger partial charge in [0.25, 0.3) is 0 Å². The molecular formula is C15H23NO3. The van der Waals surface area contributed by atoms with Crippen molar-refractivity contribution in [3.63, 3.8) is 0 Å². The van der Waals surface area contributed by atoms with Gasteiger partial charge < -0.3 is 19.5 Å². The van der Waals surface area contributed by atoms with E-state index in [1.807, 2.05) is 12.1 Å². The van der Waals surface area contributed by atoms with E-state index in [0.717, 1.165) is 31.9 Å². The Hall–Kier alpha value is -1.10. The Morgan fingerprint density at radius 3 is 3.00 bits per heavy atom. The van der Waals surface area contributed by atoms with E-state index >= 15 is 0 Å². The van der Waals surface area contributed by atoms with Crippen LogP contribution >= 0.6 is 0 Å². The highest BCUT2D eigenvalue weighted by Crippen LogP contribution is 2.32. The molecule has 4 nitrogen and oxygen atoms in total. The number of hydrogen-bond acceptors (Lipinski definition) is 4. The van der Waals surface area contributed by atoms with Crippen LogP contribution in [0.2, 0.25) is 0 Å². The third kappa shape index (κ3) is 3.93. The average Bonchev–Trinajstić information content (AvgIpc) is 2.46. The molecule has 0 saturated heterocycles. The van der Waals surface area contributed by atoms with Gasteiger partial charge in [-0.2, -0.15) is 0 Å². The highest BCUT2D eigenvalue weighted by molar-refractivity contribution is 5.37. The molecule has 0 bridgehead atoms. The van der Waals surface area contributed by atoms with E-state index in [1.54, 1.807) is 14.2 Å². The van der Waals surface area contributed by atoms with E-state index < -0.39 is 0 Å². The number of fused-ring (bicyclic) bond motifs is 1. The molecule has 1 heterocycles. The standard InChI is InChI=1S/C15H23NO3/c1-17-11-13(18-2)10-16-9-12-7-8-19-15-6-4-3-5-14(12)15/h3-6,12-13,16H,7-11H2,1-2H3. The summed E-state index contributed by atoms with van der Waals surface area (Å²) in [6.07, 6.45) is 1.17. The highest BCUT2D eigenvalue weighted by Gasteiger charge is 2.20. The number of ether oxygens (including phenoxy) is 3. The van der Waals surface area contributed by atoms with Crippen LogP contribution in [0.4, 0.5) is 0 Å². The third-order valence-electron chi connectivity index (χ3n) is 3.53. The number of nitrogens with one attached hydrogen (secondary N) is 1. The quantitative estimate of drug-likeness (QED) is 0.816. The van der Waals surface area contributed by atoms with Gasteiger partial charge in [-0.3, -0.25) is 0 Å². The first-order valence-electron chi connectivity index (χ1n) is 6.79. The third-order valence-corrected chi connectivity index (χ3v) is 3.53. The summed E-state index contributed by atoms with van der Waals surface area (Å²) in [5, 5.41) is 3.47. The Balaban J connectivity index is 1.84.